The SMILES string of the molecule is Cn1nc(CNC(=O)NCc2cccs2)cc1-c1ccco1. The molecule has 6 nitrogen and oxygen atoms in total. The number of nitrogens with one attached hydrogen (secondary N) is 2. The van der Waals surface area contributed by atoms with E-state index in [1.54, 1.807) is 22.3 Å². The van der Waals surface area contributed by atoms with E-state index in [2.05, 4.69) is 15.7 Å². The number of nitrogens with zero attached hydrogens (tertiary/aromatic N) is 2. The molecule has 0 aliphatic heterocycles. The lowest BCUT2D eigenvalue weighted by Gasteiger charge is -2.04. The molecular weight excluding hydrogens is 300 g/mol. The molecule has 0 aliphatic rings. The van der Waals surface area contributed by atoms with Gasteiger partial charge in [-0.3, -0.25) is 4.68 Å². The Bertz CT molecular complexity index is 732. The minimum atomic E-state index is -0.210. The Morgan fingerprint density at radius 3 is 2.91 bits per heavy atom. The van der Waals surface area contributed by atoms with Gasteiger partial charge < -0.3 is 15.1 Å². The maximum atomic E-state index is 11.8. The van der Waals surface area contributed by atoms with Crippen molar-refractivity contribution in [2.45, 2.75) is 13.1 Å². The van der Waals surface area contributed by atoms with Gasteiger partial charge in [0.2, 0.25) is 0 Å². The van der Waals surface area contributed by atoms with Crippen molar-refractivity contribution in [1.82, 2.24) is 20.4 Å². The van der Waals surface area contributed by atoms with Crippen LogP contribution in [0.25, 0.3) is 11.5 Å². The molecule has 0 spiro atoms. The van der Waals surface area contributed by atoms with Crippen LogP contribution in [0.15, 0.2) is 46.4 Å². The summed E-state index contributed by atoms with van der Waals surface area (Å²) >= 11 is 1.61. The van der Waals surface area contributed by atoms with Gasteiger partial charge in [0.15, 0.2) is 5.76 Å². The van der Waals surface area contributed by atoms with E-state index < -0.39 is 0 Å². The van der Waals surface area contributed by atoms with Crippen molar-refractivity contribution in [1.29, 1.82) is 0 Å². The maximum Gasteiger partial charge on any atom is 0.315 e. The van der Waals surface area contributed by atoms with E-state index in [1.807, 2.05) is 42.8 Å². The average Bonchev–Trinajstić information content (AvgIpc) is 3.24. The van der Waals surface area contributed by atoms with Crippen LogP contribution in [0.5, 0.6) is 0 Å². The number of rotatable bonds is 5. The van der Waals surface area contributed by atoms with E-state index in [9.17, 15) is 4.79 Å². The summed E-state index contributed by atoms with van der Waals surface area (Å²) in [5.74, 6) is 0.753. The van der Waals surface area contributed by atoms with E-state index in [-0.39, 0.29) is 6.03 Å². The summed E-state index contributed by atoms with van der Waals surface area (Å²) in [4.78, 5) is 12.9. The molecule has 3 aromatic rings. The lowest BCUT2D eigenvalue weighted by atomic mass is 10.3. The highest BCUT2D eigenvalue weighted by Crippen LogP contribution is 2.19. The number of thiophene rings is 1. The lowest BCUT2D eigenvalue weighted by molar-refractivity contribution is 0.240. The number of hydrogen-bond acceptors (Lipinski definition) is 4. The second-order valence-corrected chi connectivity index (χ2v) is 5.77. The number of furan rings is 1. The molecule has 3 heterocycles. The fourth-order valence-corrected chi connectivity index (χ4v) is 2.73. The van der Waals surface area contributed by atoms with Crippen LogP contribution in [0.4, 0.5) is 4.79 Å². The number of amides is 2. The highest BCUT2D eigenvalue weighted by molar-refractivity contribution is 7.09. The van der Waals surface area contributed by atoms with Crippen LogP contribution in [0, 0.1) is 0 Å². The van der Waals surface area contributed by atoms with E-state index >= 15 is 0 Å². The molecule has 114 valence electrons. The van der Waals surface area contributed by atoms with Gasteiger partial charge in [0.1, 0.15) is 5.69 Å². The second-order valence-electron chi connectivity index (χ2n) is 4.74. The first-order chi connectivity index (χ1) is 10.7. The third kappa shape index (κ3) is 3.37. The summed E-state index contributed by atoms with van der Waals surface area (Å²) in [5, 5.41) is 12.0. The number of carbonyl (C=O) groups is 1. The largest absolute Gasteiger partial charge is 0.463 e. The Morgan fingerprint density at radius 2 is 2.18 bits per heavy atom. The molecule has 0 radical (unpaired) electrons. The molecule has 0 unspecified atom stereocenters. The fourth-order valence-electron chi connectivity index (χ4n) is 2.08. The van der Waals surface area contributed by atoms with E-state index in [0.717, 1.165) is 22.0 Å². The van der Waals surface area contributed by atoms with Crippen molar-refractivity contribution >= 4 is 17.4 Å². The monoisotopic (exact) mass is 316 g/mol. The zero-order valence-electron chi connectivity index (χ0n) is 12.1. The Morgan fingerprint density at radius 1 is 1.32 bits per heavy atom. The molecule has 0 aliphatic carbocycles. The van der Waals surface area contributed by atoms with Crippen LogP contribution in [-0.4, -0.2) is 15.8 Å². The Balaban J connectivity index is 1.53. The Hall–Kier alpha value is -2.54. The first-order valence-electron chi connectivity index (χ1n) is 6.83. The number of aromatic nitrogens is 2. The summed E-state index contributed by atoms with van der Waals surface area (Å²) in [6.07, 6.45) is 1.62. The molecule has 2 amide bonds. The van der Waals surface area contributed by atoms with Gasteiger partial charge in [0, 0.05) is 11.9 Å². The quantitative estimate of drug-likeness (QED) is 0.760. The molecule has 0 fully saturated rings. The number of carbonyl (C=O) groups excluding carboxylic acids is 1. The van der Waals surface area contributed by atoms with Crippen molar-refractivity contribution in [2.75, 3.05) is 0 Å². The average molecular weight is 316 g/mol. The summed E-state index contributed by atoms with van der Waals surface area (Å²) in [6.45, 7) is 0.897. The van der Waals surface area contributed by atoms with Crippen molar-refractivity contribution in [3.05, 3.63) is 52.5 Å². The Kier molecular flexibility index (Phi) is 4.24. The summed E-state index contributed by atoms with van der Waals surface area (Å²) in [5.41, 5.74) is 1.65. The molecule has 3 rings (SSSR count). The van der Waals surface area contributed by atoms with Crippen LogP contribution in [0.1, 0.15) is 10.6 Å². The van der Waals surface area contributed by atoms with Gasteiger partial charge in [-0.2, -0.15) is 5.10 Å². The van der Waals surface area contributed by atoms with Gasteiger partial charge in [-0.25, -0.2) is 4.79 Å². The predicted molar refractivity (Wildman–Crippen MR) is 84.3 cm³/mol. The molecule has 3 aromatic heterocycles. The zero-order chi connectivity index (χ0) is 15.4. The highest BCUT2D eigenvalue weighted by atomic mass is 32.1. The summed E-state index contributed by atoms with van der Waals surface area (Å²) in [6, 6.07) is 9.35. The molecular formula is C15H16N4O2S. The summed E-state index contributed by atoms with van der Waals surface area (Å²) < 4.78 is 7.10. The standard InChI is InChI=1S/C15H16N4O2S/c1-19-13(14-5-2-6-21-14)8-11(18-19)9-16-15(20)17-10-12-4-3-7-22-12/h2-8H,9-10H2,1H3,(H2,16,17,20). The zero-order valence-corrected chi connectivity index (χ0v) is 12.9. The van der Waals surface area contributed by atoms with E-state index in [4.69, 9.17) is 4.42 Å². The number of aryl methyl sites for hydroxylation is 1. The summed E-state index contributed by atoms with van der Waals surface area (Å²) in [7, 11) is 1.85. The van der Waals surface area contributed by atoms with E-state index in [1.165, 1.54) is 0 Å². The molecule has 22 heavy (non-hydrogen) atoms. The van der Waals surface area contributed by atoms with Crippen LogP contribution < -0.4 is 10.6 Å². The van der Waals surface area contributed by atoms with Gasteiger partial charge in [0.05, 0.1) is 25.0 Å². The second kappa shape index (κ2) is 6.48. The van der Waals surface area contributed by atoms with Crippen molar-refractivity contribution in [3.63, 3.8) is 0 Å². The molecule has 0 atom stereocenters. The fraction of sp³-hybridized carbons (Fsp3) is 0.200. The van der Waals surface area contributed by atoms with Crippen LogP contribution >= 0.6 is 11.3 Å². The number of hydrogen-bond donors (Lipinski definition) is 2. The minimum Gasteiger partial charge on any atom is -0.463 e. The molecule has 0 aromatic carbocycles. The van der Waals surface area contributed by atoms with Gasteiger partial charge in [0.25, 0.3) is 0 Å². The first-order valence-corrected chi connectivity index (χ1v) is 7.71. The first kappa shape index (κ1) is 14.4. The molecule has 0 saturated carbocycles. The molecule has 0 bridgehead atoms. The maximum absolute atomic E-state index is 11.8. The predicted octanol–water partition coefficient (Wildman–Crippen LogP) is 2.74. The number of urea groups is 1. The third-order valence-corrected chi connectivity index (χ3v) is 4.01. The highest BCUT2D eigenvalue weighted by Gasteiger charge is 2.10. The van der Waals surface area contributed by atoms with Gasteiger partial charge in [-0.15, -0.1) is 11.3 Å². The molecule has 7 heteroatoms. The smallest absolute Gasteiger partial charge is 0.315 e. The molecule has 2 N–H and O–H groups in total. The Labute approximate surface area is 131 Å². The van der Waals surface area contributed by atoms with Gasteiger partial charge >= 0.3 is 6.03 Å². The van der Waals surface area contributed by atoms with Crippen LogP contribution in [0.3, 0.4) is 0 Å². The lowest BCUT2D eigenvalue weighted by Crippen LogP contribution is -2.34. The van der Waals surface area contributed by atoms with Crippen molar-refractivity contribution in [2.24, 2.45) is 7.05 Å². The van der Waals surface area contributed by atoms with Crippen molar-refractivity contribution < 1.29 is 9.21 Å². The normalized spacial score (nSPS) is 10.6. The third-order valence-electron chi connectivity index (χ3n) is 3.14. The topological polar surface area (TPSA) is 72.1 Å². The van der Waals surface area contributed by atoms with Crippen molar-refractivity contribution in [3.8, 4) is 11.5 Å². The molecule has 0 saturated heterocycles. The van der Waals surface area contributed by atoms with E-state index in [0.29, 0.717) is 13.1 Å². The van der Waals surface area contributed by atoms with Gasteiger partial charge in [-0.1, -0.05) is 6.07 Å². The van der Waals surface area contributed by atoms with Crippen LogP contribution in [0.2, 0.25) is 0 Å². The van der Waals surface area contributed by atoms with Gasteiger partial charge in [-0.05, 0) is 29.6 Å². The van der Waals surface area contributed by atoms with Crippen LogP contribution in [-0.2, 0) is 20.1 Å². The minimum absolute atomic E-state index is 0.210.